The van der Waals surface area contributed by atoms with Crippen molar-refractivity contribution < 1.29 is 4.79 Å². The van der Waals surface area contributed by atoms with Crippen molar-refractivity contribution >= 4 is 5.91 Å². The molecule has 4 nitrogen and oxygen atoms in total. The van der Waals surface area contributed by atoms with Crippen LogP contribution in [0.25, 0.3) is 0 Å². The Hall–Kier alpha value is -1.13. The summed E-state index contributed by atoms with van der Waals surface area (Å²) in [6.45, 7) is 10.2. The Balaban J connectivity index is 1.85. The molecule has 1 amide bonds. The second kappa shape index (κ2) is 7.04. The van der Waals surface area contributed by atoms with E-state index in [9.17, 15) is 4.79 Å². The average molecular weight is 277 g/mol. The van der Waals surface area contributed by atoms with Crippen molar-refractivity contribution in [3.05, 3.63) is 24.4 Å². The van der Waals surface area contributed by atoms with Crippen LogP contribution in [-0.2, 0) is 4.79 Å². The molecule has 112 valence electrons. The van der Waals surface area contributed by atoms with Gasteiger partial charge in [-0.25, -0.2) is 0 Å². The third-order valence-corrected chi connectivity index (χ3v) is 4.56. The number of nitrogens with one attached hydrogen (secondary N) is 1. The van der Waals surface area contributed by atoms with E-state index in [4.69, 9.17) is 0 Å². The van der Waals surface area contributed by atoms with Gasteiger partial charge in [0, 0.05) is 25.7 Å². The van der Waals surface area contributed by atoms with Gasteiger partial charge in [0.15, 0.2) is 0 Å². The maximum atomic E-state index is 11.0. The number of rotatable bonds is 4. The summed E-state index contributed by atoms with van der Waals surface area (Å²) in [6, 6.07) is 0.743. The number of likely N-dealkylation sites (N-methyl/N-ethyl adjacent to an activating group) is 1. The Morgan fingerprint density at radius 1 is 1.25 bits per heavy atom. The third kappa shape index (κ3) is 3.93. The molecule has 0 saturated carbocycles. The van der Waals surface area contributed by atoms with E-state index in [1.54, 1.807) is 0 Å². The van der Waals surface area contributed by atoms with Crippen LogP contribution in [0.1, 0.15) is 26.2 Å². The number of nitrogens with zero attached hydrogens (tertiary/aromatic N) is 2. The average Bonchev–Trinajstić information content (AvgIpc) is 2.86. The minimum Gasteiger partial charge on any atom is -0.333 e. The zero-order valence-corrected chi connectivity index (χ0v) is 12.8. The van der Waals surface area contributed by atoms with Gasteiger partial charge in [-0.3, -0.25) is 9.69 Å². The van der Waals surface area contributed by atoms with Crippen LogP contribution in [0.15, 0.2) is 24.4 Å². The molecule has 0 spiro atoms. The number of likely N-dealkylation sites (tertiary alicyclic amines) is 2. The molecule has 4 heteroatoms. The maximum absolute atomic E-state index is 11.0. The fourth-order valence-electron chi connectivity index (χ4n) is 3.34. The van der Waals surface area contributed by atoms with Gasteiger partial charge in [0.1, 0.15) is 0 Å². The Bertz CT molecular complexity index is 383. The zero-order valence-electron chi connectivity index (χ0n) is 12.8. The molecular formula is C16H27N3O. The number of carbonyl (C=O) groups excluding carboxylic acids is 1. The van der Waals surface area contributed by atoms with Crippen LogP contribution < -0.4 is 5.32 Å². The predicted molar refractivity (Wildman–Crippen MR) is 82.3 cm³/mol. The lowest BCUT2D eigenvalue weighted by Crippen LogP contribution is -2.42. The van der Waals surface area contributed by atoms with Crippen LogP contribution in [0, 0.1) is 5.92 Å². The molecule has 0 bridgehead atoms. The minimum atomic E-state index is -0.0178. The second-order valence-corrected chi connectivity index (χ2v) is 6.06. The van der Waals surface area contributed by atoms with Crippen LogP contribution in [0.4, 0.5) is 0 Å². The second-order valence-electron chi connectivity index (χ2n) is 6.06. The van der Waals surface area contributed by atoms with E-state index in [2.05, 4.69) is 28.7 Å². The summed E-state index contributed by atoms with van der Waals surface area (Å²) in [5.41, 5.74) is 1.17. The Morgan fingerprint density at radius 2 is 1.95 bits per heavy atom. The van der Waals surface area contributed by atoms with E-state index in [1.165, 1.54) is 32.0 Å². The summed E-state index contributed by atoms with van der Waals surface area (Å²) < 4.78 is 0. The van der Waals surface area contributed by atoms with Gasteiger partial charge >= 0.3 is 0 Å². The van der Waals surface area contributed by atoms with E-state index in [0.717, 1.165) is 32.0 Å². The lowest BCUT2D eigenvalue weighted by molar-refractivity contribution is -0.118. The van der Waals surface area contributed by atoms with Crippen LogP contribution in [0.5, 0.6) is 0 Å². The first-order chi connectivity index (χ1) is 9.60. The molecule has 1 unspecified atom stereocenters. The molecule has 2 rings (SSSR count). The first-order valence-electron chi connectivity index (χ1n) is 7.62. The van der Waals surface area contributed by atoms with Gasteiger partial charge in [-0.1, -0.05) is 12.7 Å². The number of hydrogen-bond donors (Lipinski definition) is 1. The highest BCUT2D eigenvalue weighted by Gasteiger charge is 2.29. The largest absolute Gasteiger partial charge is 0.333 e. The van der Waals surface area contributed by atoms with Crippen molar-refractivity contribution in [3.8, 4) is 0 Å². The van der Waals surface area contributed by atoms with Crippen LogP contribution >= 0.6 is 0 Å². The number of piperidine rings is 1. The Morgan fingerprint density at radius 3 is 2.45 bits per heavy atom. The molecule has 20 heavy (non-hydrogen) atoms. The number of carbonyl (C=O) groups is 1. The topological polar surface area (TPSA) is 35.6 Å². The standard InChI is InChI=1S/C16H27N3O/c1-4-14(11-17-13(2)20)15-5-9-19(10-6-15)16-7-8-18(3)12-16/h4,11,15-16H,1,5-10,12H2,2-3H3,(H,17,20)/b14-11+. The minimum absolute atomic E-state index is 0.0178. The van der Waals surface area contributed by atoms with Gasteiger partial charge in [0.05, 0.1) is 0 Å². The molecular weight excluding hydrogens is 250 g/mol. The van der Waals surface area contributed by atoms with E-state index in [0.29, 0.717) is 5.92 Å². The monoisotopic (exact) mass is 277 g/mol. The summed E-state index contributed by atoms with van der Waals surface area (Å²) in [7, 11) is 2.21. The molecule has 2 heterocycles. The van der Waals surface area contributed by atoms with Gasteiger partial charge in [0.25, 0.3) is 0 Å². The molecule has 0 aliphatic carbocycles. The molecule has 1 N–H and O–H groups in total. The Labute approximate surface area is 122 Å². The predicted octanol–water partition coefficient (Wildman–Crippen LogP) is 1.61. The molecule has 0 radical (unpaired) electrons. The molecule has 2 aliphatic rings. The van der Waals surface area contributed by atoms with E-state index >= 15 is 0 Å². The molecule has 2 aliphatic heterocycles. The van der Waals surface area contributed by atoms with Crippen LogP contribution in [-0.4, -0.2) is 55.0 Å². The van der Waals surface area contributed by atoms with Crippen molar-refractivity contribution in [2.24, 2.45) is 5.92 Å². The highest BCUT2D eigenvalue weighted by molar-refractivity contribution is 5.74. The van der Waals surface area contributed by atoms with Gasteiger partial charge < -0.3 is 10.2 Å². The smallest absolute Gasteiger partial charge is 0.220 e. The normalized spacial score (nSPS) is 26.7. The first-order valence-corrected chi connectivity index (χ1v) is 7.62. The fourth-order valence-corrected chi connectivity index (χ4v) is 3.34. The van der Waals surface area contributed by atoms with Crippen LogP contribution in [0.2, 0.25) is 0 Å². The first kappa shape index (κ1) is 15.3. The van der Waals surface area contributed by atoms with Gasteiger partial charge in [-0.15, -0.1) is 0 Å². The van der Waals surface area contributed by atoms with E-state index in [1.807, 2.05) is 12.3 Å². The molecule has 2 fully saturated rings. The van der Waals surface area contributed by atoms with E-state index in [-0.39, 0.29) is 5.91 Å². The Kier molecular flexibility index (Phi) is 5.38. The summed E-state index contributed by atoms with van der Waals surface area (Å²) in [5, 5.41) is 2.77. The van der Waals surface area contributed by atoms with Gasteiger partial charge in [0.2, 0.25) is 5.91 Å². The highest BCUT2D eigenvalue weighted by Crippen LogP contribution is 2.27. The maximum Gasteiger partial charge on any atom is 0.220 e. The molecule has 0 aromatic heterocycles. The van der Waals surface area contributed by atoms with Crippen molar-refractivity contribution in [1.29, 1.82) is 0 Å². The SMILES string of the molecule is C=C/C(=C\NC(C)=O)C1CCN(C2CCN(C)C2)CC1. The summed E-state index contributed by atoms with van der Waals surface area (Å²) in [4.78, 5) is 16.1. The fraction of sp³-hybridized carbons (Fsp3) is 0.688. The number of hydrogen-bond acceptors (Lipinski definition) is 3. The molecule has 0 aromatic carbocycles. The number of amides is 1. The lowest BCUT2D eigenvalue weighted by Gasteiger charge is -2.36. The number of allylic oxidation sites excluding steroid dienone is 2. The summed E-state index contributed by atoms with van der Waals surface area (Å²) in [5.74, 6) is 0.519. The third-order valence-electron chi connectivity index (χ3n) is 4.56. The lowest BCUT2D eigenvalue weighted by atomic mass is 9.89. The molecule has 1 atom stereocenters. The highest BCUT2D eigenvalue weighted by atomic mass is 16.1. The van der Waals surface area contributed by atoms with Crippen molar-refractivity contribution in [3.63, 3.8) is 0 Å². The van der Waals surface area contributed by atoms with Crippen LogP contribution in [0.3, 0.4) is 0 Å². The van der Waals surface area contributed by atoms with Crippen molar-refractivity contribution in [2.45, 2.75) is 32.2 Å². The molecule has 2 saturated heterocycles. The zero-order chi connectivity index (χ0) is 14.5. The summed E-state index contributed by atoms with van der Waals surface area (Å²) in [6.07, 6.45) is 7.35. The van der Waals surface area contributed by atoms with Crippen molar-refractivity contribution in [1.82, 2.24) is 15.1 Å². The summed E-state index contributed by atoms with van der Waals surface area (Å²) >= 11 is 0. The quantitative estimate of drug-likeness (QED) is 0.793. The molecule has 0 aromatic rings. The van der Waals surface area contributed by atoms with Gasteiger partial charge in [-0.2, -0.15) is 0 Å². The van der Waals surface area contributed by atoms with Gasteiger partial charge in [-0.05, 0) is 57.4 Å². The van der Waals surface area contributed by atoms with Crippen molar-refractivity contribution in [2.75, 3.05) is 33.2 Å². The van der Waals surface area contributed by atoms with E-state index < -0.39 is 0 Å².